The van der Waals surface area contributed by atoms with Crippen molar-refractivity contribution in [1.29, 1.82) is 0 Å². The van der Waals surface area contributed by atoms with E-state index in [0.717, 1.165) is 5.56 Å². The van der Waals surface area contributed by atoms with Gasteiger partial charge in [0, 0.05) is 21.0 Å². The molecule has 3 aliphatic rings. The Kier molecular flexibility index (Phi) is 3.74. The van der Waals surface area contributed by atoms with Gasteiger partial charge in [-0.25, -0.2) is 9.38 Å². The van der Waals surface area contributed by atoms with Crippen LogP contribution in [0, 0.1) is 11.2 Å². The summed E-state index contributed by atoms with van der Waals surface area (Å²) in [6.45, 7) is 4.37. The van der Waals surface area contributed by atoms with Gasteiger partial charge in [-0.1, -0.05) is 22.9 Å². The minimum Gasteiger partial charge on any atom is -0.493 e. The first-order valence-electron chi connectivity index (χ1n) is 8.67. The average molecular weight is 434 g/mol. The van der Waals surface area contributed by atoms with Crippen molar-refractivity contribution in [3.63, 3.8) is 0 Å². The van der Waals surface area contributed by atoms with E-state index >= 15 is 0 Å². The van der Waals surface area contributed by atoms with Gasteiger partial charge in [-0.05, 0) is 30.3 Å². The number of hydrogen-bond donors (Lipinski definition) is 0. The molecule has 0 aliphatic carbocycles. The van der Waals surface area contributed by atoms with Crippen molar-refractivity contribution in [3.8, 4) is 17.2 Å². The van der Waals surface area contributed by atoms with Gasteiger partial charge >= 0.3 is 0 Å². The second-order valence-corrected chi connectivity index (χ2v) is 8.44. The third kappa shape index (κ3) is 2.63. The number of halogens is 2. The molecule has 0 saturated carbocycles. The highest BCUT2D eigenvalue weighted by Gasteiger charge is 2.46. The number of hydrogen-bond acceptors (Lipinski definition) is 5. The van der Waals surface area contributed by atoms with E-state index in [0.29, 0.717) is 41.4 Å². The maximum atomic E-state index is 14.6. The normalized spacial score (nSPS) is 23.8. The number of aliphatic imine (C=N–C) groups is 1. The summed E-state index contributed by atoms with van der Waals surface area (Å²) in [5.74, 6) is 1.01. The molecule has 7 heteroatoms. The molecule has 1 saturated heterocycles. The van der Waals surface area contributed by atoms with E-state index in [1.165, 1.54) is 12.5 Å². The van der Waals surface area contributed by atoms with Gasteiger partial charge in [0.05, 0.1) is 19.8 Å². The predicted molar refractivity (Wildman–Crippen MR) is 100 cm³/mol. The highest BCUT2D eigenvalue weighted by atomic mass is 79.9. The maximum Gasteiger partial charge on any atom is 0.170 e. The van der Waals surface area contributed by atoms with Gasteiger partial charge in [-0.3, -0.25) is 0 Å². The molecule has 0 N–H and O–H groups in total. The molecule has 1 fully saturated rings. The molecule has 2 aromatic rings. The predicted octanol–water partition coefficient (Wildman–Crippen LogP) is 4.41. The standard InChI is InChI=1S/C20H17BrFNO4/c1-19(7-24-8-19)9-26-13-2-3-17-14(6-13)20(10-25-11-23-20)15-4-12(21)5-16(22)18(15)27-17/h2-6,11H,7-10H2,1H3/t20-/m0/s1. The Balaban J connectivity index is 1.57. The molecule has 140 valence electrons. The van der Waals surface area contributed by atoms with E-state index < -0.39 is 11.4 Å². The monoisotopic (exact) mass is 433 g/mol. The van der Waals surface area contributed by atoms with Crippen LogP contribution in [0.1, 0.15) is 18.1 Å². The first kappa shape index (κ1) is 17.0. The van der Waals surface area contributed by atoms with E-state index in [9.17, 15) is 4.39 Å². The lowest BCUT2D eigenvalue weighted by molar-refractivity contribution is -0.120. The fourth-order valence-electron chi connectivity index (χ4n) is 3.65. The molecule has 3 heterocycles. The van der Waals surface area contributed by atoms with Gasteiger partial charge < -0.3 is 18.9 Å². The van der Waals surface area contributed by atoms with Crippen molar-refractivity contribution in [2.45, 2.75) is 12.5 Å². The van der Waals surface area contributed by atoms with Crippen molar-refractivity contribution in [3.05, 3.63) is 51.7 Å². The Morgan fingerprint density at radius 3 is 2.74 bits per heavy atom. The van der Waals surface area contributed by atoms with Crippen molar-refractivity contribution in [2.24, 2.45) is 10.4 Å². The summed E-state index contributed by atoms with van der Waals surface area (Å²) >= 11 is 3.36. The molecule has 0 unspecified atom stereocenters. The van der Waals surface area contributed by atoms with E-state index in [1.54, 1.807) is 6.07 Å². The Hall–Kier alpha value is -2.12. The Morgan fingerprint density at radius 1 is 1.19 bits per heavy atom. The molecule has 1 atom stereocenters. The zero-order valence-electron chi connectivity index (χ0n) is 14.6. The molecule has 5 nitrogen and oxygen atoms in total. The van der Waals surface area contributed by atoms with Crippen LogP contribution in [0.4, 0.5) is 4.39 Å². The van der Waals surface area contributed by atoms with Gasteiger partial charge in [0.15, 0.2) is 23.5 Å². The van der Waals surface area contributed by atoms with E-state index in [4.69, 9.17) is 18.9 Å². The highest BCUT2D eigenvalue weighted by molar-refractivity contribution is 9.10. The molecule has 1 spiro atoms. The quantitative estimate of drug-likeness (QED) is 0.718. The third-order valence-corrected chi connectivity index (χ3v) is 5.65. The summed E-state index contributed by atoms with van der Waals surface area (Å²) < 4.78 is 37.8. The zero-order valence-corrected chi connectivity index (χ0v) is 16.2. The largest absolute Gasteiger partial charge is 0.493 e. The van der Waals surface area contributed by atoms with Crippen molar-refractivity contribution < 1.29 is 23.3 Å². The SMILES string of the molecule is CC1(COc2ccc3c(c2)[C@@]2(COC=N2)c2cc(Br)cc(F)c2O3)COC1. The first-order chi connectivity index (χ1) is 13.0. The molecule has 0 radical (unpaired) electrons. The second-order valence-electron chi connectivity index (χ2n) is 7.52. The van der Waals surface area contributed by atoms with Crippen LogP contribution in [-0.2, 0) is 15.0 Å². The number of ether oxygens (including phenoxy) is 4. The first-order valence-corrected chi connectivity index (χ1v) is 9.46. The number of benzene rings is 2. The van der Waals surface area contributed by atoms with Crippen LogP contribution in [0.15, 0.2) is 39.8 Å². The minimum atomic E-state index is -0.851. The topological polar surface area (TPSA) is 49.3 Å². The summed E-state index contributed by atoms with van der Waals surface area (Å²) in [6.07, 6.45) is 1.41. The van der Waals surface area contributed by atoms with Crippen LogP contribution in [0.2, 0.25) is 0 Å². The smallest absolute Gasteiger partial charge is 0.170 e. The Bertz CT molecular complexity index is 959. The Labute approximate surface area is 164 Å². The number of nitrogens with zero attached hydrogens (tertiary/aromatic N) is 1. The summed E-state index contributed by atoms with van der Waals surface area (Å²) in [6, 6.07) is 8.75. The van der Waals surface area contributed by atoms with E-state index in [2.05, 4.69) is 27.8 Å². The Morgan fingerprint density at radius 2 is 2.04 bits per heavy atom. The lowest BCUT2D eigenvalue weighted by Crippen LogP contribution is -2.44. The zero-order chi connectivity index (χ0) is 18.6. The fourth-order valence-corrected chi connectivity index (χ4v) is 4.08. The molecular weight excluding hydrogens is 417 g/mol. The molecule has 0 amide bonds. The summed E-state index contributed by atoms with van der Waals surface area (Å²) in [5, 5.41) is 0. The lowest BCUT2D eigenvalue weighted by Gasteiger charge is -2.38. The molecule has 3 aliphatic heterocycles. The van der Waals surface area contributed by atoms with Crippen LogP contribution in [0.5, 0.6) is 17.2 Å². The van der Waals surface area contributed by atoms with Gasteiger partial charge in [0.25, 0.3) is 0 Å². The molecule has 27 heavy (non-hydrogen) atoms. The molecule has 0 aromatic heterocycles. The average Bonchev–Trinajstić information content (AvgIpc) is 3.10. The van der Waals surface area contributed by atoms with Crippen molar-refractivity contribution in [2.75, 3.05) is 26.4 Å². The molecule has 5 rings (SSSR count). The molecule has 2 aromatic carbocycles. The van der Waals surface area contributed by atoms with Crippen LogP contribution in [0.25, 0.3) is 0 Å². The van der Waals surface area contributed by atoms with Crippen molar-refractivity contribution >= 4 is 22.3 Å². The van der Waals surface area contributed by atoms with Crippen molar-refractivity contribution in [1.82, 2.24) is 0 Å². The maximum absolute atomic E-state index is 14.6. The summed E-state index contributed by atoms with van der Waals surface area (Å²) in [4.78, 5) is 4.58. The third-order valence-electron chi connectivity index (χ3n) is 5.19. The lowest BCUT2D eigenvalue weighted by atomic mass is 9.81. The fraction of sp³-hybridized carbons (Fsp3) is 0.350. The number of fused-ring (bicyclic) bond motifs is 4. The van der Waals surface area contributed by atoms with Gasteiger partial charge in [0.1, 0.15) is 18.1 Å². The van der Waals surface area contributed by atoms with E-state index in [1.807, 2.05) is 18.2 Å². The van der Waals surface area contributed by atoms with E-state index in [-0.39, 0.29) is 17.8 Å². The van der Waals surface area contributed by atoms with Gasteiger partial charge in [-0.15, -0.1) is 0 Å². The minimum absolute atomic E-state index is 0.0410. The summed E-state index contributed by atoms with van der Waals surface area (Å²) in [7, 11) is 0. The van der Waals surface area contributed by atoms with Gasteiger partial charge in [-0.2, -0.15) is 0 Å². The van der Waals surface area contributed by atoms with Gasteiger partial charge in [0.2, 0.25) is 0 Å². The molecular formula is C20H17BrFNO4. The van der Waals surface area contributed by atoms with Crippen LogP contribution in [0.3, 0.4) is 0 Å². The van der Waals surface area contributed by atoms with Crippen LogP contribution in [-0.4, -0.2) is 32.8 Å². The van der Waals surface area contributed by atoms with Crippen LogP contribution < -0.4 is 9.47 Å². The van der Waals surface area contributed by atoms with Crippen LogP contribution >= 0.6 is 15.9 Å². The summed E-state index contributed by atoms with van der Waals surface area (Å²) in [5.41, 5.74) is 0.622. The second kappa shape index (κ2) is 5.94. The highest BCUT2D eigenvalue weighted by Crippen LogP contribution is 2.52. The molecule has 0 bridgehead atoms. The number of rotatable bonds is 3.